The molecule has 6 heteroatoms. The van der Waals surface area contributed by atoms with Crippen LogP contribution >= 0.6 is 0 Å². The summed E-state index contributed by atoms with van der Waals surface area (Å²) in [4.78, 5) is 4.62. The van der Waals surface area contributed by atoms with Crippen molar-refractivity contribution < 1.29 is 14.6 Å². The van der Waals surface area contributed by atoms with E-state index in [0.29, 0.717) is 19.0 Å². The molecule has 25 heavy (non-hydrogen) atoms. The minimum absolute atomic E-state index is 0.277. The molecule has 0 aliphatic carbocycles. The number of guanidine groups is 1. The van der Waals surface area contributed by atoms with Gasteiger partial charge >= 0.3 is 0 Å². The van der Waals surface area contributed by atoms with Gasteiger partial charge in [-0.05, 0) is 37.5 Å². The van der Waals surface area contributed by atoms with Gasteiger partial charge in [-0.1, -0.05) is 32.8 Å². The van der Waals surface area contributed by atoms with Crippen LogP contribution in [0.25, 0.3) is 0 Å². The predicted octanol–water partition coefficient (Wildman–Crippen LogP) is 2.80. The molecular formula is C19H31N3O3. The molecule has 0 aromatic heterocycles. The van der Waals surface area contributed by atoms with Crippen LogP contribution in [-0.2, 0) is 6.54 Å². The van der Waals surface area contributed by atoms with E-state index in [1.165, 1.54) is 0 Å². The van der Waals surface area contributed by atoms with Gasteiger partial charge in [0, 0.05) is 13.1 Å². The number of aliphatic imine (C=N–C) groups is 1. The lowest BCUT2D eigenvalue weighted by Gasteiger charge is -2.28. The summed E-state index contributed by atoms with van der Waals surface area (Å²) in [5.74, 6) is 2.26. The lowest BCUT2D eigenvalue weighted by Crippen LogP contribution is -2.47. The Hall–Kier alpha value is -1.95. The van der Waals surface area contributed by atoms with Crippen LogP contribution in [0, 0.1) is 0 Å². The molecule has 0 saturated carbocycles. The number of ether oxygens (including phenoxy) is 2. The normalized spacial score (nSPS) is 13.8. The summed E-state index contributed by atoms with van der Waals surface area (Å²) in [6, 6.07) is 5.86. The van der Waals surface area contributed by atoms with Crippen molar-refractivity contribution in [2.75, 3.05) is 19.9 Å². The van der Waals surface area contributed by atoms with Crippen molar-refractivity contribution in [3.05, 3.63) is 23.8 Å². The number of nitrogens with one attached hydrogen (secondary N) is 2. The van der Waals surface area contributed by atoms with E-state index in [-0.39, 0.29) is 6.79 Å². The maximum absolute atomic E-state index is 10.7. The molecule has 3 N–H and O–H groups in total. The van der Waals surface area contributed by atoms with Crippen LogP contribution in [-0.4, -0.2) is 36.5 Å². The Balaban J connectivity index is 1.97. The number of hydrogen-bond acceptors (Lipinski definition) is 4. The molecule has 1 aliphatic heterocycles. The van der Waals surface area contributed by atoms with E-state index < -0.39 is 5.60 Å². The van der Waals surface area contributed by atoms with Gasteiger partial charge < -0.3 is 25.2 Å². The molecule has 0 amide bonds. The van der Waals surface area contributed by atoms with Gasteiger partial charge in [0.05, 0.1) is 12.1 Å². The summed E-state index contributed by atoms with van der Waals surface area (Å²) >= 11 is 0. The Labute approximate surface area is 150 Å². The molecule has 1 heterocycles. The van der Waals surface area contributed by atoms with Crippen LogP contribution < -0.4 is 20.1 Å². The first-order chi connectivity index (χ1) is 12.1. The van der Waals surface area contributed by atoms with Gasteiger partial charge in [-0.15, -0.1) is 0 Å². The molecule has 0 atom stereocenters. The number of nitrogens with zero attached hydrogens (tertiary/aromatic N) is 1. The zero-order valence-corrected chi connectivity index (χ0v) is 15.6. The second-order valence-electron chi connectivity index (χ2n) is 6.46. The van der Waals surface area contributed by atoms with E-state index >= 15 is 0 Å². The second kappa shape index (κ2) is 9.51. The highest BCUT2D eigenvalue weighted by molar-refractivity contribution is 5.79. The zero-order valence-electron chi connectivity index (χ0n) is 15.6. The summed E-state index contributed by atoms with van der Waals surface area (Å²) in [5.41, 5.74) is 0.372. The van der Waals surface area contributed by atoms with E-state index in [1.54, 1.807) is 0 Å². The van der Waals surface area contributed by atoms with Crippen LogP contribution in [0.5, 0.6) is 11.5 Å². The number of benzene rings is 1. The van der Waals surface area contributed by atoms with Gasteiger partial charge in [-0.2, -0.15) is 0 Å². The van der Waals surface area contributed by atoms with Gasteiger partial charge in [0.25, 0.3) is 0 Å². The standard InChI is InChI=1S/C19H31N3O3/c1-4-9-19(23,10-5-2)13-22-18(20-6-3)21-12-15-7-8-16-17(11-15)25-14-24-16/h7-8,11,23H,4-6,9-10,12-14H2,1-3H3,(H2,20,21,22). The molecule has 0 bridgehead atoms. The average molecular weight is 349 g/mol. The quantitative estimate of drug-likeness (QED) is 0.472. The van der Waals surface area contributed by atoms with E-state index in [0.717, 1.165) is 49.3 Å². The monoisotopic (exact) mass is 349 g/mol. The molecular weight excluding hydrogens is 318 g/mol. The molecule has 0 radical (unpaired) electrons. The Kier molecular flexibility index (Phi) is 7.37. The zero-order chi connectivity index (χ0) is 18.1. The second-order valence-corrected chi connectivity index (χ2v) is 6.46. The summed E-state index contributed by atoms with van der Waals surface area (Å²) in [5, 5.41) is 17.3. The van der Waals surface area contributed by atoms with Crippen molar-refractivity contribution in [2.24, 2.45) is 4.99 Å². The van der Waals surface area contributed by atoms with Crippen LogP contribution in [0.3, 0.4) is 0 Å². The SMILES string of the molecule is CCCC(O)(CCC)CNC(=NCc1ccc2c(c1)OCO2)NCC. The minimum atomic E-state index is -0.682. The Morgan fingerprint density at radius 1 is 1.12 bits per heavy atom. The maximum atomic E-state index is 10.7. The predicted molar refractivity (Wildman–Crippen MR) is 100 cm³/mol. The highest BCUT2D eigenvalue weighted by Gasteiger charge is 2.24. The molecule has 1 aromatic rings. The molecule has 0 spiro atoms. The van der Waals surface area contributed by atoms with Crippen LogP contribution in [0.4, 0.5) is 0 Å². The van der Waals surface area contributed by atoms with Crippen molar-refractivity contribution in [1.29, 1.82) is 0 Å². The third-order valence-corrected chi connectivity index (χ3v) is 4.22. The number of hydrogen-bond donors (Lipinski definition) is 3. The Morgan fingerprint density at radius 3 is 2.52 bits per heavy atom. The summed E-state index contributed by atoms with van der Waals surface area (Å²) < 4.78 is 10.7. The first-order valence-electron chi connectivity index (χ1n) is 9.23. The van der Waals surface area contributed by atoms with Crippen molar-refractivity contribution >= 4 is 5.96 Å². The Bertz CT molecular complexity index is 569. The lowest BCUT2D eigenvalue weighted by molar-refractivity contribution is 0.0257. The van der Waals surface area contributed by atoms with Gasteiger partial charge in [0.15, 0.2) is 17.5 Å². The van der Waals surface area contributed by atoms with Crippen molar-refractivity contribution in [1.82, 2.24) is 10.6 Å². The molecule has 140 valence electrons. The molecule has 0 unspecified atom stereocenters. The van der Waals surface area contributed by atoms with Gasteiger partial charge in [-0.25, -0.2) is 4.99 Å². The van der Waals surface area contributed by atoms with Gasteiger partial charge in [0.1, 0.15) is 0 Å². The van der Waals surface area contributed by atoms with E-state index in [2.05, 4.69) is 29.5 Å². The van der Waals surface area contributed by atoms with Crippen LogP contribution in [0.1, 0.15) is 52.0 Å². The summed E-state index contributed by atoms with van der Waals surface area (Å²) in [6.45, 7) is 8.31. The molecule has 1 aromatic carbocycles. The number of aliphatic hydroxyl groups is 1. The third kappa shape index (κ3) is 5.81. The summed E-state index contributed by atoms with van der Waals surface area (Å²) in [7, 11) is 0. The number of fused-ring (bicyclic) bond motifs is 1. The van der Waals surface area contributed by atoms with Crippen molar-refractivity contribution in [3.8, 4) is 11.5 Å². The highest BCUT2D eigenvalue weighted by Crippen LogP contribution is 2.32. The number of rotatable bonds is 9. The fourth-order valence-corrected chi connectivity index (χ4v) is 3.03. The van der Waals surface area contributed by atoms with Crippen molar-refractivity contribution in [2.45, 2.75) is 58.6 Å². The summed E-state index contributed by atoms with van der Waals surface area (Å²) in [6.07, 6.45) is 3.50. The first-order valence-corrected chi connectivity index (χ1v) is 9.23. The maximum Gasteiger partial charge on any atom is 0.231 e. The molecule has 1 aliphatic rings. The lowest BCUT2D eigenvalue weighted by atomic mass is 9.93. The van der Waals surface area contributed by atoms with Gasteiger partial charge in [0.2, 0.25) is 6.79 Å². The molecule has 0 fully saturated rings. The topological polar surface area (TPSA) is 75.1 Å². The molecule has 0 saturated heterocycles. The van der Waals surface area contributed by atoms with Crippen molar-refractivity contribution in [3.63, 3.8) is 0 Å². The minimum Gasteiger partial charge on any atom is -0.454 e. The van der Waals surface area contributed by atoms with E-state index in [4.69, 9.17) is 9.47 Å². The largest absolute Gasteiger partial charge is 0.454 e. The van der Waals surface area contributed by atoms with E-state index in [1.807, 2.05) is 25.1 Å². The smallest absolute Gasteiger partial charge is 0.231 e. The molecule has 6 nitrogen and oxygen atoms in total. The Morgan fingerprint density at radius 2 is 1.84 bits per heavy atom. The average Bonchev–Trinajstić information content (AvgIpc) is 3.05. The van der Waals surface area contributed by atoms with Crippen LogP contribution in [0.15, 0.2) is 23.2 Å². The molecule has 2 rings (SSSR count). The highest BCUT2D eigenvalue weighted by atomic mass is 16.7. The van der Waals surface area contributed by atoms with Crippen LogP contribution in [0.2, 0.25) is 0 Å². The fourth-order valence-electron chi connectivity index (χ4n) is 3.03. The van der Waals surface area contributed by atoms with E-state index in [9.17, 15) is 5.11 Å². The third-order valence-electron chi connectivity index (χ3n) is 4.22. The fraction of sp³-hybridized carbons (Fsp3) is 0.632. The van der Waals surface area contributed by atoms with Gasteiger partial charge in [-0.3, -0.25) is 0 Å². The first kappa shape index (κ1) is 19.4.